The van der Waals surface area contributed by atoms with Crippen LogP contribution >= 0.6 is 0 Å². The van der Waals surface area contributed by atoms with Gasteiger partial charge in [0.2, 0.25) is 0 Å². The molecule has 0 spiro atoms. The Bertz CT molecular complexity index is 423. The first-order valence-corrected chi connectivity index (χ1v) is 4.96. The van der Waals surface area contributed by atoms with Gasteiger partial charge < -0.3 is 15.5 Å². The number of alkyl halides is 3. The minimum Gasteiger partial charge on any atom is -0.477 e. The predicted molar refractivity (Wildman–Crippen MR) is 56.4 cm³/mol. The molecule has 0 bridgehead atoms. The second-order valence-corrected chi connectivity index (χ2v) is 3.56. The first-order valence-electron chi connectivity index (χ1n) is 4.96. The Morgan fingerprint density at radius 1 is 1.44 bits per heavy atom. The number of aromatic nitrogens is 1. The van der Waals surface area contributed by atoms with Crippen molar-refractivity contribution < 1.29 is 28.2 Å². The van der Waals surface area contributed by atoms with Crippen molar-refractivity contribution in [2.75, 3.05) is 11.9 Å². The Balaban J connectivity index is 2.76. The Morgan fingerprint density at radius 2 is 2.11 bits per heavy atom. The second kappa shape index (κ2) is 5.67. The number of aliphatic hydroxyl groups excluding tert-OH is 1. The highest BCUT2D eigenvalue weighted by Gasteiger charge is 2.31. The summed E-state index contributed by atoms with van der Waals surface area (Å²) in [4.78, 5) is 14.2. The average molecular weight is 264 g/mol. The molecule has 0 aliphatic heterocycles. The fourth-order valence-electron chi connectivity index (χ4n) is 1.28. The van der Waals surface area contributed by atoms with E-state index in [0.29, 0.717) is 0 Å². The van der Waals surface area contributed by atoms with Crippen molar-refractivity contribution in [3.8, 4) is 0 Å². The average Bonchev–Trinajstić information content (AvgIpc) is 2.26. The highest BCUT2D eigenvalue weighted by molar-refractivity contribution is 5.85. The van der Waals surface area contributed by atoms with Crippen molar-refractivity contribution in [1.29, 1.82) is 0 Å². The number of pyridine rings is 1. The van der Waals surface area contributed by atoms with Gasteiger partial charge in [-0.15, -0.1) is 0 Å². The van der Waals surface area contributed by atoms with Crippen LogP contribution in [-0.2, 0) is 0 Å². The third kappa shape index (κ3) is 4.58. The van der Waals surface area contributed by atoms with Crippen LogP contribution in [0.3, 0.4) is 0 Å². The molecule has 0 radical (unpaired) electrons. The van der Waals surface area contributed by atoms with Crippen molar-refractivity contribution in [2.45, 2.75) is 18.6 Å². The third-order valence-corrected chi connectivity index (χ3v) is 2.02. The molecule has 5 nitrogen and oxygen atoms in total. The van der Waals surface area contributed by atoms with Gasteiger partial charge in [-0.3, -0.25) is 0 Å². The lowest BCUT2D eigenvalue weighted by Crippen LogP contribution is -2.30. The monoisotopic (exact) mass is 264 g/mol. The van der Waals surface area contributed by atoms with E-state index in [-0.39, 0.29) is 11.5 Å². The van der Waals surface area contributed by atoms with Crippen LogP contribution in [-0.4, -0.2) is 40.0 Å². The van der Waals surface area contributed by atoms with Crippen molar-refractivity contribution in [3.63, 3.8) is 0 Å². The van der Waals surface area contributed by atoms with E-state index in [0.717, 1.165) is 0 Å². The maximum Gasteiger partial charge on any atom is 0.391 e. The van der Waals surface area contributed by atoms with Crippen LogP contribution in [0.4, 0.5) is 19.0 Å². The Morgan fingerprint density at radius 3 is 2.61 bits per heavy atom. The van der Waals surface area contributed by atoms with Gasteiger partial charge in [0.15, 0.2) is 5.69 Å². The normalized spacial score (nSPS) is 13.1. The molecule has 0 aliphatic carbocycles. The molecule has 1 rings (SSSR count). The van der Waals surface area contributed by atoms with E-state index >= 15 is 0 Å². The quantitative estimate of drug-likeness (QED) is 0.750. The number of hydrogen-bond acceptors (Lipinski definition) is 4. The number of hydrogen-bond donors (Lipinski definition) is 3. The molecule has 0 aromatic carbocycles. The van der Waals surface area contributed by atoms with Gasteiger partial charge in [-0.1, -0.05) is 6.07 Å². The number of carboxylic acid groups (broad SMARTS) is 1. The summed E-state index contributed by atoms with van der Waals surface area (Å²) in [7, 11) is 0. The number of nitrogens with one attached hydrogen (secondary N) is 1. The number of carboxylic acids is 1. The fourth-order valence-corrected chi connectivity index (χ4v) is 1.28. The van der Waals surface area contributed by atoms with E-state index in [2.05, 4.69) is 10.3 Å². The molecule has 1 heterocycles. The second-order valence-electron chi connectivity index (χ2n) is 3.56. The molecule has 1 aromatic rings. The van der Waals surface area contributed by atoms with Gasteiger partial charge in [0.1, 0.15) is 5.82 Å². The Kier molecular flexibility index (Phi) is 4.49. The van der Waals surface area contributed by atoms with Gasteiger partial charge in [-0.05, 0) is 12.1 Å². The van der Waals surface area contributed by atoms with E-state index in [1.807, 2.05) is 0 Å². The summed E-state index contributed by atoms with van der Waals surface area (Å²) in [6.07, 6.45) is -5.66. The predicted octanol–water partition coefficient (Wildman–Crippen LogP) is 1.50. The standard InChI is InChI=1S/C10H11F3N2O3/c11-10(12,13)4-6(5-16)14-8-3-1-2-7(15-8)9(17)18/h1-3,6,16H,4-5H2,(H,14,15)(H,17,18). The summed E-state index contributed by atoms with van der Waals surface area (Å²) in [6.45, 7) is -0.738. The summed E-state index contributed by atoms with van der Waals surface area (Å²) >= 11 is 0. The lowest BCUT2D eigenvalue weighted by molar-refractivity contribution is -0.138. The molecule has 0 fully saturated rings. The molecule has 0 amide bonds. The topological polar surface area (TPSA) is 82.5 Å². The molecule has 100 valence electrons. The summed E-state index contributed by atoms with van der Waals surface area (Å²) in [6, 6.07) is 2.62. The molecular weight excluding hydrogens is 253 g/mol. The van der Waals surface area contributed by atoms with Crippen molar-refractivity contribution in [3.05, 3.63) is 23.9 Å². The van der Waals surface area contributed by atoms with Crippen LogP contribution in [0.5, 0.6) is 0 Å². The lowest BCUT2D eigenvalue weighted by atomic mass is 10.2. The molecule has 0 aliphatic rings. The van der Waals surface area contributed by atoms with Crippen LogP contribution in [0.25, 0.3) is 0 Å². The summed E-state index contributed by atoms with van der Waals surface area (Å²) in [5.74, 6) is -1.31. The first-order chi connectivity index (χ1) is 8.31. The number of rotatable bonds is 5. The maximum atomic E-state index is 12.1. The van der Waals surface area contributed by atoms with Gasteiger partial charge in [0, 0.05) is 0 Å². The van der Waals surface area contributed by atoms with Crippen molar-refractivity contribution >= 4 is 11.8 Å². The molecule has 18 heavy (non-hydrogen) atoms. The molecule has 1 atom stereocenters. The summed E-state index contributed by atoms with van der Waals surface area (Å²) in [5, 5.41) is 19.8. The number of nitrogens with zero attached hydrogens (tertiary/aromatic N) is 1. The minimum absolute atomic E-state index is 0.0294. The fraction of sp³-hybridized carbons (Fsp3) is 0.400. The number of aliphatic hydroxyl groups is 1. The lowest BCUT2D eigenvalue weighted by Gasteiger charge is -2.18. The molecule has 8 heteroatoms. The molecule has 1 aromatic heterocycles. The van der Waals surface area contributed by atoms with E-state index < -0.39 is 31.2 Å². The van der Waals surface area contributed by atoms with Gasteiger partial charge in [-0.2, -0.15) is 13.2 Å². The maximum absolute atomic E-state index is 12.1. The first kappa shape index (κ1) is 14.2. The largest absolute Gasteiger partial charge is 0.477 e. The smallest absolute Gasteiger partial charge is 0.391 e. The van der Waals surface area contributed by atoms with Gasteiger partial charge >= 0.3 is 12.1 Å². The number of halogens is 3. The molecular formula is C10H11F3N2O3. The van der Waals surface area contributed by atoms with Gasteiger partial charge in [-0.25, -0.2) is 9.78 Å². The molecule has 0 saturated heterocycles. The Labute approximate surface area is 100 Å². The van der Waals surface area contributed by atoms with E-state index in [1.165, 1.54) is 18.2 Å². The van der Waals surface area contributed by atoms with E-state index in [4.69, 9.17) is 10.2 Å². The zero-order valence-corrected chi connectivity index (χ0v) is 9.11. The van der Waals surface area contributed by atoms with Crippen LogP contribution in [0.2, 0.25) is 0 Å². The zero-order chi connectivity index (χ0) is 13.8. The minimum atomic E-state index is -4.43. The van der Waals surface area contributed by atoms with E-state index in [9.17, 15) is 18.0 Å². The van der Waals surface area contributed by atoms with Crippen LogP contribution in [0.1, 0.15) is 16.9 Å². The van der Waals surface area contributed by atoms with Crippen LogP contribution < -0.4 is 5.32 Å². The van der Waals surface area contributed by atoms with Gasteiger partial charge in [0.25, 0.3) is 0 Å². The molecule has 3 N–H and O–H groups in total. The SMILES string of the molecule is O=C(O)c1cccc(NC(CO)CC(F)(F)F)n1. The number of carbonyl (C=O) groups is 1. The third-order valence-electron chi connectivity index (χ3n) is 2.02. The number of anilines is 1. The van der Waals surface area contributed by atoms with Crippen LogP contribution in [0.15, 0.2) is 18.2 Å². The summed E-state index contributed by atoms with van der Waals surface area (Å²) in [5.41, 5.74) is -0.288. The van der Waals surface area contributed by atoms with E-state index in [1.54, 1.807) is 0 Å². The highest BCUT2D eigenvalue weighted by Crippen LogP contribution is 2.23. The zero-order valence-electron chi connectivity index (χ0n) is 9.11. The highest BCUT2D eigenvalue weighted by atomic mass is 19.4. The molecule has 1 unspecified atom stereocenters. The Hall–Kier alpha value is -1.83. The molecule has 0 saturated carbocycles. The number of aromatic carboxylic acids is 1. The van der Waals surface area contributed by atoms with Gasteiger partial charge in [0.05, 0.1) is 19.1 Å². The summed E-state index contributed by atoms with van der Waals surface area (Å²) < 4.78 is 36.4. The van der Waals surface area contributed by atoms with Crippen molar-refractivity contribution in [1.82, 2.24) is 4.98 Å². The van der Waals surface area contributed by atoms with Crippen LogP contribution in [0, 0.1) is 0 Å². The van der Waals surface area contributed by atoms with Crippen molar-refractivity contribution in [2.24, 2.45) is 0 Å².